The van der Waals surface area contributed by atoms with E-state index in [1.54, 1.807) is 19.1 Å². The van der Waals surface area contributed by atoms with Gasteiger partial charge >= 0.3 is 0 Å². The first-order valence-corrected chi connectivity index (χ1v) is 13.0. The van der Waals surface area contributed by atoms with Gasteiger partial charge in [0.2, 0.25) is 0 Å². The Hall–Kier alpha value is -2.74. The number of rotatable bonds is 15. The molecule has 1 aromatic carbocycles. The molecule has 7 nitrogen and oxygen atoms in total. The van der Waals surface area contributed by atoms with Crippen molar-refractivity contribution in [1.82, 2.24) is 4.98 Å². The standard InChI is InChI=1S/C29H41NO6/c1-4-5-6-23-11-12-24(36-23)10-8-21-9-14-27(33)29(15-21)35-18-28(34)25-16-22(17-30-25)19(2)7-13-26(32)20(3)31/h9,11-12,14-17,19-20,26,28,30-34H,4-8,10,13,18H2,1-3H3. The van der Waals surface area contributed by atoms with E-state index in [9.17, 15) is 20.4 Å². The summed E-state index contributed by atoms with van der Waals surface area (Å²) in [4.78, 5) is 3.10. The molecule has 0 aliphatic carbocycles. The highest BCUT2D eigenvalue weighted by Gasteiger charge is 2.17. The van der Waals surface area contributed by atoms with Crippen molar-refractivity contribution in [1.29, 1.82) is 0 Å². The number of aromatic hydroxyl groups is 1. The highest BCUT2D eigenvalue weighted by molar-refractivity contribution is 5.42. The maximum Gasteiger partial charge on any atom is 0.161 e. The lowest BCUT2D eigenvalue weighted by atomic mass is 9.95. The Kier molecular flexibility index (Phi) is 10.5. The van der Waals surface area contributed by atoms with Crippen LogP contribution in [0.4, 0.5) is 0 Å². The second-order valence-electron chi connectivity index (χ2n) is 9.78. The Morgan fingerprint density at radius 1 is 0.944 bits per heavy atom. The second kappa shape index (κ2) is 13.5. The topological polar surface area (TPSA) is 119 Å². The Morgan fingerprint density at radius 3 is 2.42 bits per heavy atom. The molecule has 3 rings (SSSR count). The van der Waals surface area contributed by atoms with Gasteiger partial charge in [-0.1, -0.05) is 26.3 Å². The Morgan fingerprint density at radius 2 is 1.69 bits per heavy atom. The summed E-state index contributed by atoms with van der Waals surface area (Å²) in [5.41, 5.74) is 2.65. The normalized spacial score (nSPS) is 14.9. The van der Waals surface area contributed by atoms with E-state index in [1.165, 1.54) is 0 Å². The van der Waals surface area contributed by atoms with Crippen LogP contribution < -0.4 is 4.74 Å². The zero-order valence-corrected chi connectivity index (χ0v) is 21.6. The third kappa shape index (κ3) is 8.15. The first kappa shape index (κ1) is 27.8. The molecule has 0 bridgehead atoms. The van der Waals surface area contributed by atoms with Crippen LogP contribution in [0.15, 0.2) is 47.0 Å². The molecule has 7 heteroatoms. The monoisotopic (exact) mass is 499 g/mol. The molecule has 5 N–H and O–H groups in total. The summed E-state index contributed by atoms with van der Waals surface area (Å²) in [7, 11) is 0. The van der Waals surface area contributed by atoms with Crippen LogP contribution in [0.1, 0.15) is 86.8 Å². The van der Waals surface area contributed by atoms with Gasteiger partial charge in [-0.25, -0.2) is 0 Å². The van der Waals surface area contributed by atoms with Crippen LogP contribution in [0, 0.1) is 0 Å². The molecule has 0 aliphatic heterocycles. The molecule has 0 radical (unpaired) electrons. The van der Waals surface area contributed by atoms with Gasteiger partial charge in [0.1, 0.15) is 24.2 Å². The van der Waals surface area contributed by atoms with E-state index in [0.29, 0.717) is 24.3 Å². The maximum absolute atomic E-state index is 10.6. The molecule has 0 fully saturated rings. The summed E-state index contributed by atoms with van der Waals surface area (Å²) in [6.07, 6.45) is 5.42. The number of hydrogen-bond acceptors (Lipinski definition) is 6. The van der Waals surface area contributed by atoms with Crippen LogP contribution in [0.2, 0.25) is 0 Å². The third-order valence-corrected chi connectivity index (χ3v) is 6.68. The number of benzene rings is 1. The van der Waals surface area contributed by atoms with E-state index in [-0.39, 0.29) is 18.3 Å². The minimum Gasteiger partial charge on any atom is -0.504 e. The molecule has 0 aliphatic rings. The molecule has 36 heavy (non-hydrogen) atoms. The number of phenols is 1. The molecule has 0 saturated heterocycles. The number of unbranched alkanes of at least 4 members (excludes halogenated alkanes) is 1. The van der Waals surface area contributed by atoms with Crippen molar-refractivity contribution >= 4 is 0 Å². The SMILES string of the molecule is CCCCc1ccc(CCc2ccc(O)c(OCC(O)c3cc(C(C)CCC(O)C(C)O)c[nH]3)c2)o1. The van der Waals surface area contributed by atoms with E-state index in [1.807, 2.05) is 37.4 Å². The fourth-order valence-corrected chi connectivity index (χ4v) is 4.13. The lowest BCUT2D eigenvalue weighted by Gasteiger charge is -2.16. The molecule has 0 spiro atoms. The lowest BCUT2D eigenvalue weighted by Crippen LogP contribution is -2.22. The van der Waals surface area contributed by atoms with Crippen LogP contribution in [-0.4, -0.2) is 44.2 Å². The molecule has 4 unspecified atom stereocenters. The number of aliphatic hydroxyl groups is 3. The summed E-state index contributed by atoms with van der Waals surface area (Å²) in [6, 6.07) is 11.2. The van der Waals surface area contributed by atoms with Crippen molar-refractivity contribution in [2.24, 2.45) is 0 Å². The average Bonchev–Trinajstić information content (AvgIpc) is 3.54. The zero-order valence-electron chi connectivity index (χ0n) is 21.6. The number of nitrogens with one attached hydrogen (secondary N) is 1. The number of ether oxygens (including phenoxy) is 1. The van der Waals surface area contributed by atoms with E-state index in [0.717, 1.165) is 54.8 Å². The Labute approximate surface area is 213 Å². The first-order chi connectivity index (χ1) is 17.3. The number of aromatic nitrogens is 1. The van der Waals surface area contributed by atoms with Crippen molar-refractivity contribution in [3.8, 4) is 11.5 Å². The van der Waals surface area contributed by atoms with Crippen LogP contribution in [-0.2, 0) is 19.3 Å². The van der Waals surface area contributed by atoms with Gasteiger partial charge in [0.05, 0.1) is 12.2 Å². The minimum atomic E-state index is -0.887. The smallest absolute Gasteiger partial charge is 0.161 e. The fraction of sp³-hybridized carbons (Fsp3) is 0.517. The molecule has 2 aromatic heterocycles. The summed E-state index contributed by atoms with van der Waals surface area (Å²) < 4.78 is 11.7. The molecule has 2 heterocycles. The highest BCUT2D eigenvalue weighted by Crippen LogP contribution is 2.30. The van der Waals surface area contributed by atoms with Gasteiger partial charge in [0, 0.05) is 24.7 Å². The summed E-state index contributed by atoms with van der Waals surface area (Å²) in [5.74, 6) is 2.50. The van der Waals surface area contributed by atoms with Gasteiger partial charge in [-0.2, -0.15) is 0 Å². The number of aromatic amines is 1. The maximum atomic E-state index is 10.6. The lowest BCUT2D eigenvalue weighted by molar-refractivity contribution is 0.0242. The van der Waals surface area contributed by atoms with Crippen molar-refractivity contribution in [3.05, 3.63) is 70.9 Å². The molecule has 0 amide bonds. The highest BCUT2D eigenvalue weighted by atomic mass is 16.5. The van der Waals surface area contributed by atoms with Crippen LogP contribution in [0.3, 0.4) is 0 Å². The molecule has 4 atom stereocenters. The van der Waals surface area contributed by atoms with E-state index in [4.69, 9.17) is 9.15 Å². The average molecular weight is 500 g/mol. The third-order valence-electron chi connectivity index (χ3n) is 6.68. The van der Waals surface area contributed by atoms with E-state index >= 15 is 0 Å². The van der Waals surface area contributed by atoms with E-state index in [2.05, 4.69) is 11.9 Å². The number of hydrogen-bond donors (Lipinski definition) is 5. The Balaban J connectivity index is 1.51. The number of furan rings is 1. The van der Waals surface area contributed by atoms with Crippen LogP contribution in [0.5, 0.6) is 11.5 Å². The number of phenolic OH excluding ortho intramolecular Hbond substituents is 1. The van der Waals surface area contributed by atoms with Crippen molar-refractivity contribution in [2.75, 3.05) is 6.61 Å². The predicted octanol–water partition coefficient (Wildman–Crippen LogP) is 5.18. The minimum absolute atomic E-state index is 0.00887. The second-order valence-corrected chi connectivity index (χ2v) is 9.78. The van der Waals surface area contributed by atoms with Gasteiger partial charge < -0.3 is 34.6 Å². The fourth-order valence-electron chi connectivity index (χ4n) is 4.13. The van der Waals surface area contributed by atoms with Crippen molar-refractivity contribution < 1.29 is 29.6 Å². The molecule has 198 valence electrons. The zero-order chi connectivity index (χ0) is 26.1. The van der Waals surface area contributed by atoms with Gasteiger partial charge in [0.15, 0.2) is 11.5 Å². The summed E-state index contributed by atoms with van der Waals surface area (Å²) in [6.45, 7) is 5.78. The summed E-state index contributed by atoms with van der Waals surface area (Å²) >= 11 is 0. The molecule has 0 saturated carbocycles. The van der Waals surface area contributed by atoms with Crippen molar-refractivity contribution in [2.45, 2.75) is 89.9 Å². The summed E-state index contributed by atoms with van der Waals surface area (Å²) in [5, 5.41) is 40.1. The van der Waals surface area contributed by atoms with Crippen LogP contribution in [0.25, 0.3) is 0 Å². The quantitative estimate of drug-likeness (QED) is 0.197. The predicted molar refractivity (Wildman–Crippen MR) is 139 cm³/mol. The molecular formula is C29H41NO6. The number of aryl methyl sites for hydroxylation is 3. The first-order valence-electron chi connectivity index (χ1n) is 13.0. The van der Waals surface area contributed by atoms with Gasteiger partial charge in [0.25, 0.3) is 0 Å². The van der Waals surface area contributed by atoms with Gasteiger partial charge in [-0.05, 0) is 80.0 Å². The van der Waals surface area contributed by atoms with Gasteiger partial charge in [-0.15, -0.1) is 0 Å². The molecule has 3 aromatic rings. The molecular weight excluding hydrogens is 458 g/mol. The van der Waals surface area contributed by atoms with Crippen LogP contribution >= 0.6 is 0 Å². The largest absolute Gasteiger partial charge is 0.504 e. The Bertz CT molecular complexity index is 1060. The number of H-pyrrole nitrogens is 1. The van der Waals surface area contributed by atoms with E-state index < -0.39 is 18.3 Å². The van der Waals surface area contributed by atoms with Crippen molar-refractivity contribution in [3.63, 3.8) is 0 Å². The number of aliphatic hydroxyl groups excluding tert-OH is 3. The van der Waals surface area contributed by atoms with Gasteiger partial charge in [-0.3, -0.25) is 0 Å².